The lowest BCUT2D eigenvalue weighted by atomic mass is 9.91. The zero-order valence-corrected chi connectivity index (χ0v) is 13.5. The Balaban J connectivity index is 1.77. The van der Waals surface area contributed by atoms with Gasteiger partial charge in [0, 0.05) is 29.0 Å². The first-order chi connectivity index (χ1) is 9.65. The van der Waals surface area contributed by atoms with Crippen LogP contribution in [0.3, 0.4) is 0 Å². The third-order valence-electron chi connectivity index (χ3n) is 4.51. The standard InChI is InChI=1S/C16H22BrNO2/c1-18(14-4-2-3-5-15(14)19)10-12-9-13(17)8-11-6-7-20-16(11)12/h8-9,14-15,19H,2-7,10H2,1H3. The molecular weight excluding hydrogens is 318 g/mol. The van der Waals surface area contributed by atoms with E-state index in [1.807, 2.05) is 0 Å². The molecule has 1 aromatic rings. The molecule has 0 spiro atoms. The molecule has 1 saturated carbocycles. The van der Waals surface area contributed by atoms with E-state index in [0.717, 1.165) is 49.1 Å². The maximum Gasteiger partial charge on any atom is 0.127 e. The molecule has 2 aliphatic rings. The quantitative estimate of drug-likeness (QED) is 0.918. The summed E-state index contributed by atoms with van der Waals surface area (Å²) in [5.41, 5.74) is 2.53. The van der Waals surface area contributed by atoms with Crippen molar-refractivity contribution in [1.82, 2.24) is 4.90 Å². The van der Waals surface area contributed by atoms with E-state index in [9.17, 15) is 5.11 Å². The van der Waals surface area contributed by atoms with Crippen molar-refractivity contribution in [2.45, 2.75) is 50.8 Å². The fraction of sp³-hybridized carbons (Fsp3) is 0.625. The number of halogens is 1. The molecule has 0 radical (unpaired) electrons. The fourth-order valence-corrected chi connectivity index (χ4v) is 4.01. The smallest absolute Gasteiger partial charge is 0.127 e. The number of hydrogen-bond acceptors (Lipinski definition) is 3. The van der Waals surface area contributed by atoms with E-state index >= 15 is 0 Å². The maximum atomic E-state index is 10.2. The van der Waals surface area contributed by atoms with Crippen LogP contribution in [-0.4, -0.2) is 35.8 Å². The monoisotopic (exact) mass is 339 g/mol. The Morgan fingerprint density at radius 3 is 2.95 bits per heavy atom. The zero-order valence-electron chi connectivity index (χ0n) is 11.9. The number of aliphatic hydroxyl groups is 1. The molecule has 1 N–H and O–H groups in total. The van der Waals surface area contributed by atoms with Gasteiger partial charge in [-0.25, -0.2) is 0 Å². The number of nitrogens with zero attached hydrogens (tertiary/aromatic N) is 1. The highest BCUT2D eigenvalue weighted by Crippen LogP contribution is 2.34. The van der Waals surface area contributed by atoms with Crippen LogP contribution in [0, 0.1) is 0 Å². The van der Waals surface area contributed by atoms with Gasteiger partial charge in [0.05, 0.1) is 12.7 Å². The van der Waals surface area contributed by atoms with Crippen LogP contribution in [0.4, 0.5) is 0 Å². The Kier molecular flexibility index (Phi) is 4.34. The lowest BCUT2D eigenvalue weighted by Crippen LogP contribution is -2.42. The summed E-state index contributed by atoms with van der Waals surface area (Å²) in [5.74, 6) is 1.06. The molecule has 1 heterocycles. The molecular formula is C16H22BrNO2. The van der Waals surface area contributed by atoms with Crippen LogP contribution < -0.4 is 4.74 Å². The van der Waals surface area contributed by atoms with Crippen LogP contribution in [0.25, 0.3) is 0 Å². The average molecular weight is 340 g/mol. The van der Waals surface area contributed by atoms with Gasteiger partial charge in [0.1, 0.15) is 5.75 Å². The van der Waals surface area contributed by atoms with Crippen molar-refractivity contribution in [3.8, 4) is 5.75 Å². The van der Waals surface area contributed by atoms with Gasteiger partial charge in [-0.2, -0.15) is 0 Å². The molecule has 0 bridgehead atoms. The molecule has 3 nitrogen and oxygen atoms in total. The van der Waals surface area contributed by atoms with E-state index in [4.69, 9.17) is 4.74 Å². The number of ether oxygens (including phenoxy) is 1. The Hall–Kier alpha value is -0.580. The van der Waals surface area contributed by atoms with Crippen LogP contribution in [0.5, 0.6) is 5.75 Å². The minimum absolute atomic E-state index is 0.185. The first kappa shape index (κ1) is 14.4. The maximum absolute atomic E-state index is 10.2. The van der Waals surface area contributed by atoms with Gasteiger partial charge < -0.3 is 9.84 Å². The van der Waals surface area contributed by atoms with Crippen molar-refractivity contribution in [3.05, 3.63) is 27.7 Å². The van der Waals surface area contributed by atoms with E-state index in [0.29, 0.717) is 0 Å². The summed E-state index contributed by atoms with van der Waals surface area (Å²) in [4.78, 5) is 2.29. The second-order valence-electron chi connectivity index (χ2n) is 5.99. The summed E-state index contributed by atoms with van der Waals surface area (Å²) in [6.07, 6.45) is 5.21. The third-order valence-corrected chi connectivity index (χ3v) is 4.96. The van der Waals surface area contributed by atoms with Crippen LogP contribution in [0.15, 0.2) is 16.6 Å². The summed E-state index contributed by atoms with van der Waals surface area (Å²) < 4.78 is 6.91. The normalized spacial score (nSPS) is 25.6. The van der Waals surface area contributed by atoms with Gasteiger partial charge in [-0.3, -0.25) is 4.90 Å². The molecule has 0 saturated heterocycles. The Morgan fingerprint density at radius 2 is 2.15 bits per heavy atom. The molecule has 2 unspecified atom stereocenters. The Bertz CT molecular complexity index is 492. The highest BCUT2D eigenvalue weighted by molar-refractivity contribution is 9.10. The van der Waals surface area contributed by atoms with E-state index in [1.165, 1.54) is 17.5 Å². The van der Waals surface area contributed by atoms with Crippen LogP contribution in [0.2, 0.25) is 0 Å². The highest BCUT2D eigenvalue weighted by atomic mass is 79.9. The van der Waals surface area contributed by atoms with Gasteiger partial charge in [0.2, 0.25) is 0 Å². The topological polar surface area (TPSA) is 32.7 Å². The molecule has 110 valence electrons. The lowest BCUT2D eigenvalue weighted by molar-refractivity contribution is 0.0285. The predicted molar refractivity (Wildman–Crippen MR) is 83.1 cm³/mol. The first-order valence-corrected chi connectivity index (χ1v) is 8.27. The highest BCUT2D eigenvalue weighted by Gasteiger charge is 2.28. The molecule has 0 aromatic heterocycles. The minimum Gasteiger partial charge on any atom is -0.493 e. The van der Waals surface area contributed by atoms with Gasteiger partial charge in [-0.1, -0.05) is 28.8 Å². The Morgan fingerprint density at radius 1 is 1.35 bits per heavy atom. The zero-order chi connectivity index (χ0) is 14.1. The van der Waals surface area contributed by atoms with Crippen molar-refractivity contribution in [2.24, 2.45) is 0 Å². The molecule has 20 heavy (non-hydrogen) atoms. The van der Waals surface area contributed by atoms with E-state index in [-0.39, 0.29) is 12.1 Å². The Labute approximate surface area is 129 Å². The summed E-state index contributed by atoms with van der Waals surface area (Å²) >= 11 is 3.59. The predicted octanol–water partition coefficient (Wildman–Crippen LogP) is 3.12. The third kappa shape index (κ3) is 2.87. The summed E-state index contributed by atoms with van der Waals surface area (Å²) in [7, 11) is 2.11. The number of benzene rings is 1. The van der Waals surface area contributed by atoms with E-state index < -0.39 is 0 Å². The molecule has 1 aliphatic carbocycles. The number of aliphatic hydroxyl groups excluding tert-OH is 1. The van der Waals surface area contributed by atoms with E-state index in [1.54, 1.807) is 0 Å². The number of fused-ring (bicyclic) bond motifs is 1. The van der Waals surface area contributed by atoms with Gasteiger partial charge in [0.25, 0.3) is 0 Å². The molecule has 1 aliphatic heterocycles. The van der Waals surface area contributed by atoms with Crippen molar-refractivity contribution in [2.75, 3.05) is 13.7 Å². The van der Waals surface area contributed by atoms with Gasteiger partial charge >= 0.3 is 0 Å². The van der Waals surface area contributed by atoms with Crippen LogP contribution in [0.1, 0.15) is 36.8 Å². The van der Waals surface area contributed by atoms with Gasteiger partial charge in [0.15, 0.2) is 0 Å². The second kappa shape index (κ2) is 6.04. The van der Waals surface area contributed by atoms with E-state index in [2.05, 4.69) is 40.0 Å². The molecule has 4 heteroatoms. The molecule has 1 fully saturated rings. The van der Waals surface area contributed by atoms with Crippen LogP contribution >= 0.6 is 15.9 Å². The largest absolute Gasteiger partial charge is 0.493 e. The van der Waals surface area contributed by atoms with Crippen molar-refractivity contribution >= 4 is 15.9 Å². The van der Waals surface area contributed by atoms with Gasteiger partial charge in [-0.15, -0.1) is 0 Å². The number of hydrogen-bond donors (Lipinski definition) is 1. The summed E-state index contributed by atoms with van der Waals surface area (Å²) in [5, 5.41) is 10.2. The molecule has 3 rings (SSSR count). The second-order valence-corrected chi connectivity index (χ2v) is 6.90. The van der Waals surface area contributed by atoms with Crippen molar-refractivity contribution in [3.63, 3.8) is 0 Å². The molecule has 2 atom stereocenters. The number of rotatable bonds is 3. The molecule has 1 aromatic carbocycles. The lowest BCUT2D eigenvalue weighted by Gasteiger charge is -2.35. The fourth-order valence-electron chi connectivity index (χ4n) is 3.46. The average Bonchev–Trinajstić information content (AvgIpc) is 2.87. The van der Waals surface area contributed by atoms with Crippen molar-refractivity contribution < 1.29 is 9.84 Å². The first-order valence-electron chi connectivity index (χ1n) is 7.47. The summed E-state index contributed by atoms with van der Waals surface area (Å²) in [6, 6.07) is 4.58. The number of likely N-dealkylation sites (N-methyl/N-ethyl adjacent to an activating group) is 1. The minimum atomic E-state index is -0.185. The molecule has 0 amide bonds. The summed E-state index contributed by atoms with van der Waals surface area (Å²) in [6.45, 7) is 1.62. The van der Waals surface area contributed by atoms with Crippen LogP contribution in [-0.2, 0) is 13.0 Å². The van der Waals surface area contributed by atoms with Gasteiger partial charge in [-0.05, 0) is 37.6 Å². The SMILES string of the molecule is CN(Cc1cc(Br)cc2c1OCC2)C1CCCCC1O. The van der Waals surface area contributed by atoms with Crippen molar-refractivity contribution in [1.29, 1.82) is 0 Å².